The lowest BCUT2D eigenvalue weighted by molar-refractivity contribution is -0.298. The summed E-state index contributed by atoms with van der Waals surface area (Å²) in [7, 11) is 0. The van der Waals surface area contributed by atoms with Crippen molar-refractivity contribution in [1.29, 1.82) is 0 Å². The number of hydrogen-bond donors (Lipinski definition) is 4. The first-order valence-corrected chi connectivity index (χ1v) is 22.2. The molecule has 0 saturated carbocycles. The Balaban J connectivity index is 2.32. The van der Waals surface area contributed by atoms with Gasteiger partial charge in [0.25, 0.3) is 0 Å². The Bertz CT molecular complexity index is 1130. The predicted octanol–water partition coefficient (Wildman–Crippen LogP) is 9.37. The topological polar surface area (TPSA) is 169 Å². The number of allylic oxidation sites excluding steroid dienone is 8. The first-order chi connectivity index (χ1) is 27.7. The fourth-order valence-corrected chi connectivity index (χ4v) is 6.46. The first-order valence-electron chi connectivity index (χ1n) is 22.2. The molecular weight excluding hydrogens is 728 g/mol. The normalized spacial score (nSPS) is 20.6. The number of carbonyl (C=O) groups excluding carboxylic acids is 2. The van der Waals surface area contributed by atoms with Crippen molar-refractivity contribution in [2.45, 2.75) is 211 Å². The summed E-state index contributed by atoms with van der Waals surface area (Å²) in [6.45, 7) is 3.67. The van der Waals surface area contributed by atoms with E-state index in [0.29, 0.717) is 12.8 Å². The number of hydrogen-bond acceptors (Lipinski definition) is 10. The second-order valence-electron chi connectivity index (χ2n) is 15.2. The van der Waals surface area contributed by atoms with Gasteiger partial charge in [0.2, 0.25) is 0 Å². The van der Waals surface area contributed by atoms with Crippen molar-refractivity contribution in [3.63, 3.8) is 0 Å². The highest BCUT2D eigenvalue weighted by Crippen LogP contribution is 2.23. The largest absolute Gasteiger partial charge is 0.479 e. The van der Waals surface area contributed by atoms with Gasteiger partial charge in [-0.25, -0.2) is 4.79 Å². The molecule has 11 nitrogen and oxygen atoms in total. The number of rotatable bonds is 36. The Morgan fingerprint density at radius 2 is 1.04 bits per heavy atom. The maximum atomic E-state index is 12.7. The third kappa shape index (κ3) is 28.3. The van der Waals surface area contributed by atoms with Gasteiger partial charge in [-0.05, 0) is 51.4 Å². The summed E-state index contributed by atoms with van der Waals surface area (Å²) < 4.78 is 21.7. The van der Waals surface area contributed by atoms with Gasteiger partial charge in [0.15, 0.2) is 18.5 Å². The number of aliphatic carboxylic acids is 1. The summed E-state index contributed by atoms with van der Waals surface area (Å²) in [5, 5.41) is 39.7. The Morgan fingerprint density at radius 3 is 1.56 bits per heavy atom. The third-order valence-electron chi connectivity index (χ3n) is 9.94. The van der Waals surface area contributed by atoms with Crippen LogP contribution in [-0.2, 0) is 33.3 Å². The molecular formula is C46H78O11. The van der Waals surface area contributed by atoms with Gasteiger partial charge in [-0.15, -0.1) is 0 Å². The SMILES string of the molecule is CC/C=C\C/C=C\C/C=C\C/C=C\CCCCCCCCCCC(=O)OCC(COC1OC(C(=O)O)C(O)C(O)C1O)OC(=O)CCCCCCCCCCCC. The average molecular weight is 807 g/mol. The summed E-state index contributed by atoms with van der Waals surface area (Å²) in [4.78, 5) is 36.7. The molecule has 1 heterocycles. The van der Waals surface area contributed by atoms with E-state index >= 15 is 0 Å². The highest BCUT2D eigenvalue weighted by molar-refractivity contribution is 5.73. The van der Waals surface area contributed by atoms with E-state index in [0.717, 1.165) is 70.6 Å². The van der Waals surface area contributed by atoms with Crippen LogP contribution in [0.1, 0.15) is 174 Å². The third-order valence-corrected chi connectivity index (χ3v) is 9.94. The Labute approximate surface area is 344 Å². The van der Waals surface area contributed by atoms with E-state index < -0.39 is 61.3 Å². The molecule has 11 heteroatoms. The number of carboxylic acid groups (broad SMARTS) is 1. The lowest BCUT2D eigenvalue weighted by Crippen LogP contribution is -2.60. The van der Waals surface area contributed by atoms with E-state index in [1.807, 2.05) is 0 Å². The average Bonchev–Trinajstić information content (AvgIpc) is 3.19. The summed E-state index contributed by atoms with van der Waals surface area (Å²) in [6.07, 6.45) is 33.1. The molecule has 1 fully saturated rings. The van der Waals surface area contributed by atoms with Crippen LogP contribution < -0.4 is 0 Å². The number of aliphatic hydroxyl groups excluding tert-OH is 3. The lowest BCUT2D eigenvalue weighted by Gasteiger charge is -2.38. The minimum atomic E-state index is -1.86. The van der Waals surface area contributed by atoms with E-state index in [1.165, 1.54) is 64.2 Å². The van der Waals surface area contributed by atoms with Crippen molar-refractivity contribution >= 4 is 17.9 Å². The fourth-order valence-electron chi connectivity index (χ4n) is 6.46. The van der Waals surface area contributed by atoms with Crippen LogP contribution in [0.3, 0.4) is 0 Å². The molecule has 0 aromatic rings. The summed E-state index contributed by atoms with van der Waals surface area (Å²) in [5.41, 5.74) is 0. The van der Waals surface area contributed by atoms with Gasteiger partial charge in [-0.2, -0.15) is 0 Å². The van der Waals surface area contributed by atoms with Crippen LogP contribution in [0.2, 0.25) is 0 Å². The van der Waals surface area contributed by atoms with E-state index in [9.17, 15) is 34.8 Å². The molecule has 0 spiro atoms. The van der Waals surface area contributed by atoms with Crippen molar-refractivity contribution in [3.05, 3.63) is 48.6 Å². The van der Waals surface area contributed by atoms with Crippen LogP contribution in [0, 0.1) is 0 Å². The Hall–Kier alpha value is -2.83. The first kappa shape index (κ1) is 52.2. The molecule has 57 heavy (non-hydrogen) atoms. The van der Waals surface area contributed by atoms with Crippen LogP contribution in [0.25, 0.3) is 0 Å². The predicted molar refractivity (Wildman–Crippen MR) is 224 cm³/mol. The molecule has 1 saturated heterocycles. The van der Waals surface area contributed by atoms with Gasteiger partial charge in [0, 0.05) is 12.8 Å². The van der Waals surface area contributed by atoms with Gasteiger partial charge in [-0.1, -0.05) is 159 Å². The van der Waals surface area contributed by atoms with Crippen molar-refractivity contribution in [2.75, 3.05) is 13.2 Å². The number of unbranched alkanes of at least 4 members (excludes halogenated alkanes) is 17. The number of carboxylic acids is 1. The molecule has 6 atom stereocenters. The molecule has 0 bridgehead atoms. The zero-order valence-corrected chi connectivity index (χ0v) is 35.3. The molecule has 328 valence electrons. The maximum absolute atomic E-state index is 12.7. The van der Waals surface area contributed by atoms with Gasteiger partial charge in [-0.3, -0.25) is 9.59 Å². The maximum Gasteiger partial charge on any atom is 0.335 e. The van der Waals surface area contributed by atoms with E-state index in [-0.39, 0.29) is 19.4 Å². The van der Waals surface area contributed by atoms with Crippen molar-refractivity contribution in [2.24, 2.45) is 0 Å². The lowest BCUT2D eigenvalue weighted by atomic mass is 9.99. The minimum Gasteiger partial charge on any atom is -0.479 e. The van der Waals surface area contributed by atoms with Crippen LogP contribution in [0.4, 0.5) is 0 Å². The zero-order valence-electron chi connectivity index (χ0n) is 35.3. The number of esters is 2. The van der Waals surface area contributed by atoms with E-state index in [2.05, 4.69) is 62.5 Å². The minimum absolute atomic E-state index is 0.181. The van der Waals surface area contributed by atoms with Crippen molar-refractivity contribution < 1.29 is 53.8 Å². The molecule has 1 aliphatic heterocycles. The van der Waals surface area contributed by atoms with Crippen LogP contribution in [0.15, 0.2) is 48.6 Å². The van der Waals surface area contributed by atoms with Gasteiger partial charge in [0.05, 0.1) is 6.61 Å². The molecule has 0 aliphatic carbocycles. The monoisotopic (exact) mass is 807 g/mol. The summed E-state index contributed by atoms with van der Waals surface area (Å²) in [5.74, 6) is -2.46. The van der Waals surface area contributed by atoms with Crippen LogP contribution in [0.5, 0.6) is 0 Å². The Kier molecular flexibility index (Phi) is 33.2. The smallest absolute Gasteiger partial charge is 0.335 e. The molecule has 4 N–H and O–H groups in total. The number of ether oxygens (including phenoxy) is 4. The standard InChI is InChI=1S/C46H78O11/c1-3-5-7-9-11-13-15-16-17-18-19-20-21-22-23-24-25-27-28-30-32-34-39(47)54-36-38(37-55-46-43(51)41(49)42(50)44(57-46)45(52)53)56-40(48)35-33-31-29-26-14-12-10-8-6-4-2/h5,7,11,13,16-17,19-20,38,41-44,46,49-51H,3-4,6,8-10,12,14-15,18,21-37H2,1-2H3,(H,52,53)/b7-5-,13-11-,17-16-,20-19-. The molecule has 1 rings (SSSR count). The van der Waals surface area contributed by atoms with Gasteiger partial charge in [0.1, 0.15) is 24.9 Å². The highest BCUT2D eigenvalue weighted by atomic mass is 16.7. The molecule has 1 aliphatic rings. The molecule has 0 amide bonds. The fraction of sp³-hybridized carbons (Fsp3) is 0.761. The molecule has 0 radical (unpaired) electrons. The van der Waals surface area contributed by atoms with E-state index in [1.54, 1.807) is 0 Å². The number of aliphatic hydroxyl groups is 3. The summed E-state index contributed by atoms with van der Waals surface area (Å²) >= 11 is 0. The highest BCUT2D eigenvalue weighted by Gasteiger charge is 2.47. The second kappa shape index (κ2) is 36.3. The van der Waals surface area contributed by atoms with Gasteiger partial charge < -0.3 is 39.4 Å². The molecule has 6 unspecified atom stereocenters. The number of carbonyl (C=O) groups is 3. The van der Waals surface area contributed by atoms with Crippen molar-refractivity contribution in [1.82, 2.24) is 0 Å². The zero-order chi connectivity index (χ0) is 41.8. The molecule has 0 aromatic heterocycles. The van der Waals surface area contributed by atoms with Crippen molar-refractivity contribution in [3.8, 4) is 0 Å². The Morgan fingerprint density at radius 1 is 0.561 bits per heavy atom. The van der Waals surface area contributed by atoms with Gasteiger partial charge >= 0.3 is 17.9 Å². The summed E-state index contributed by atoms with van der Waals surface area (Å²) in [6, 6.07) is 0. The molecule has 0 aromatic carbocycles. The second-order valence-corrected chi connectivity index (χ2v) is 15.2. The van der Waals surface area contributed by atoms with Crippen LogP contribution >= 0.6 is 0 Å². The van der Waals surface area contributed by atoms with Crippen LogP contribution in [-0.4, -0.2) is 88.4 Å². The van der Waals surface area contributed by atoms with E-state index in [4.69, 9.17) is 18.9 Å². The quantitative estimate of drug-likeness (QED) is 0.0270.